The molecule has 1 N–H and O–H groups in total. The summed E-state index contributed by atoms with van der Waals surface area (Å²) in [4.78, 5) is 20.8. The minimum atomic E-state index is -0.228. The van der Waals surface area contributed by atoms with Gasteiger partial charge in [0.05, 0.1) is 21.0 Å². The lowest BCUT2D eigenvalue weighted by atomic mass is 10.3. The summed E-state index contributed by atoms with van der Waals surface area (Å²) in [6.07, 6.45) is 0. The number of hydrogen-bond donors (Lipinski definition) is 1. The van der Waals surface area contributed by atoms with Crippen molar-refractivity contribution in [3.05, 3.63) is 34.7 Å². The number of fused-ring (bicyclic) bond motifs is 1. The van der Waals surface area contributed by atoms with Gasteiger partial charge in [-0.3, -0.25) is 10.1 Å². The van der Waals surface area contributed by atoms with E-state index >= 15 is 0 Å². The first-order valence-corrected chi connectivity index (χ1v) is 9.90. The summed E-state index contributed by atoms with van der Waals surface area (Å²) < 4.78 is 7.37. The lowest BCUT2D eigenvalue weighted by Gasteiger charge is -1.97. The Morgan fingerprint density at radius 2 is 2.16 bits per heavy atom. The maximum Gasteiger partial charge on any atom is 0.322 e. The molecule has 0 spiro atoms. The smallest absolute Gasteiger partial charge is 0.322 e. The van der Waals surface area contributed by atoms with Crippen LogP contribution in [0.2, 0.25) is 0 Å². The fourth-order valence-electron chi connectivity index (χ4n) is 2.03. The van der Waals surface area contributed by atoms with Crippen LogP contribution in [0.15, 0.2) is 38.4 Å². The van der Waals surface area contributed by atoms with Gasteiger partial charge in [-0.1, -0.05) is 29.0 Å². The number of amides is 1. The van der Waals surface area contributed by atoms with Crippen LogP contribution in [0.4, 0.5) is 6.01 Å². The van der Waals surface area contributed by atoms with Crippen molar-refractivity contribution in [1.29, 1.82) is 0 Å². The molecule has 0 bridgehead atoms. The summed E-state index contributed by atoms with van der Waals surface area (Å²) in [6.45, 7) is 1.90. The van der Waals surface area contributed by atoms with E-state index in [0.29, 0.717) is 11.6 Å². The van der Waals surface area contributed by atoms with Crippen molar-refractivity contribution in [3.63, 3.8) is 0 Å². The predicted octanol–water partition coefficient (Wildman–Crippen LogP) is 3.84. The first-order valence-electron chi connectivity index (χ1n) is 7.21. The molecule has 4 rings (SSSR count). The van der Waals surface area contributed by atoms with Gasteiger partial charge in [0.1, 0.15) is 5.69 Å². The third kappa shape index (κ3) is 3.70. The molecule has 3 aromatic heterocycles. The molecular formula is C15H11N5O2S3. The Kier molecular flexibility index (Phi) is 4.47. The standard InChI is InChI=1S/C15H11N5O2S3/c1-8-16-10(6-23-8)13-19-20-14(22-13)18-12(21)7-24-15-17-9-4-2-3-5-11(9)25-15/h2-6H,7H2,1H3,(H,18,20,21). The largest absolute Gasteiger partial charge is 0.401 e. The summed E-state index contributed by atoms with van der Waals surface area (Å²) >= 11 is 4.43. The number of thioether (sulfide) groups is 1. The van der Waals surface area contributed by atoms with E-state index in [-0.39, 0.29) is 17.7 Å². The minimum absolute atomic E-state index is 0.0653. The van der Waals surface area contributed by atoms with Crippen LogP contribution >= 0.6 is 34.4 Å². The number of benzene rings is 1. The number of thiazole rings is 2. The van der Waals surface area contributed by atoms with Crippen LogP contribution in [0.25, 0.3) is 21.8 Å². The second-order valence-corrected chi connectivity index (χ2v) is 8.26. The molecule has 0 unspecified atom stereocenters. The van der Waals surface area contributed by atoms with Gasteiger partial charge in [-0.15, -0.1) is 27.8 Å². The van der Waals surface area contributed by atoms with E-state index in [1.807, 2.05) is 36.6 Å². The maximum absolute atomic E-state index is 12.1. The molecule has 7 nitrogen and oxygen atoms in total. The first-order chi connectivity index (χ1) is 12.2. The molecule has 3 heterocycles. The molecule has 0 aliphatic carbocycles. The number of nitrogens with zero attached hydrogens (tertiary/aromatic N) is 4. The average molecular weight is 389 g/mol. The minimum Gasteiger partial charge on any atom is -0.401 e. The number of carbonyl (C=O) groups is 1. The second kappa shape index (κ2) is 6.90. The summed E-state index contributed by atoms with van der Waals surface area (Å²) in [5, 5.41) is 13.1. The Morgan fingerprint density at radius 1 is 1.28 bits per heavy atom. The Labute approximate surface area is 154 Å². The van der Waals surface area contributed by atoms with E-state index in [0.717, 1.165) is 19.6 Å². The molecule has 0 saturated carbocycles. The molecule has 1 amide bonds. The van der Waals surface area contributed by atoms with Crippen molar-refractivity contribution >= 4 is 56.6 Å². The summed E-state index contributed by atoms with van der Waals surface area (Å²) in [7, 11) is 0. The van der Waals surface area contributed by atoms with Gasteiger partial charge in [-0.05, 0) is 19.1 Å². The number of aryl methyl sites for hydroxylation is 1. The molecule has 0 saturated heterocycles. The number of para-hydroxylation sites is 1. The highest BCUT2D eigenvalue weighted by atomic mass is 32.2. The third-order valence-electron chi connectivity index (χ3n) is 3.11. The summed E-state index contributed by atoms with van der Waals surface area (Å²) in [5.74, 6) is 0.278. The van der Waals surface area contributed by atoms with Crippen molar-refractivity contribution in [2.45, 2.75) is 11.3 Å². The van der Waals surface area contributed by atoms with Gasteiger partial charge < -0.3 is 4.42 Å². The molecule has 4 aromatic rings. The quantitative estimate of drug-likeness (QED) is 0.518. The van der Waals surface area contributed by atoms with Gasteiger partial charge in [0.2, 0.25) is 5.91 Å². The van der Waals surface area contributed by atoms with Crippen molar-refractivity contribution in [3.8, 4) is 11.6 Å². The fourth-order valence-corrected chi connectivity index (χ4v) is 4.49. The lowest BCUT2D eigenvalue weighted by molar-refractivity contribution is -0.113. The molecule has 0 aliphatic heterocycles. The zero-order valence-corrected chi connectivity index (χ0v) is 15.4. The van der Waals surface area contributed by atoms with Gasteiger partial charge >= 0.3 is 6.01 Å². The highest BCUT2D eigenvalue weighted by Crippen LogP contribution is 2.29. The zero-order valence-electron chi connectivity index (χ0n) is 12.9. The molecule has 25 heavy (non-hydrogen) atoms. The average Bonchev–Trinajstić information content (AvgIpc) is 3.31. The van der Waals surface area contributed by atoms with Crippen LogP contribution in [0.5, 0.6) is 0 Å². The highest BCUT2D eigenvalue weighted by Gasteiger charge is 2.14. The van der Waals surface area contributed by atoms with Gasteiger partial charge in [0.25, 0.3) is 5.89 Å². The number of aromatic nitrogens is 4. The molecule has 0 atom stereocenters. The van der Waals surface area contributed by atoms with Gasteiger partial charge in [-0.2, -0.15) is 0 Å². The highest BCUT2D eigenvalue weighted by molar-refractivity contribution is 8.01. The van der Waals surface area contributed by atoms with E-state index in [4.69, 9.17) is 4.42 Å². The van der Waals surface area contributed by atoms with Gasteiger partial charge in [-0.25, -0.2) is 9.97 Å². The monoisotopic (exact) mass is 389 g/mol. The van der Waals surface area contributed by atoms with Crippen molar-refractivity contribution in [2.24, 2.45) is 0 Å². The predicted molar refractivity (Wildman–Crippen MR) is 99.1 cm³/mol. The Morgan fingerprint density at radius 3 is 2.96 bits per heavy atom. The number of anilines is 1. The van der Waals surface area contributed by atoms with Crippen LogP contribution < -0.4 is 5.32 Å². The second-order valence-electron chi connectivity index (χ2n) is 4.95. The fraction of sp³-hybridized carbons (Fsp3) is 0.133. The topological polar surface area (TPSA) is 93.8 Å². The van der Waals surface area contributed by atoms with E-state index in [9.17, 15) is 4.79 Å². The van der Waals surface area contributed by atoms with Crippen molar-refractivity contribution in [1.82, 2.24) is 20.2 Å². The van der Waals surface area contributed by atoms with Crippen molar-refractivity contribution < 1.29 is 9.21 Å². The molecule has 10 heteroatoms. The lowest BCUT2D eigenvalue weighted by Crippen LogP contribution is -2.14. The number of nitrogens with one attached hydrogen (secondary N) is 1. The van der Waals surface area contributed by atoms with E-state index < -0.39 is 0 Å². The summed E-state index contributed by atoms with van der Waals surface area (Å²) in [5.41, 5.74) is 1.55. The van der Waals surface area contributed by atoms with Crippen LogP contribution in [0.3, 0.4) is 0 Å². The number of hydrogen-bond acceptors (Lipinski definition) is 9. The molecule has 1 aromatic carbocycles. The van der Waals surface area contributed by atoms with E-state index in [2.05, 4.69) is 25.5 Å². The SMILES string of the molecule is Cc1nc(-c2nnc(NC(=O)CSc3nc4ccccc4s3)o2)cs1. The van der Waals surface area contributed by atoms with Crippen LogP contribution in [-0.2, 0) is 4.79 Å². The van der Waals surface area contributed by atoms with Crippen LogP contribution in [-0.4, -0.2) is 31.8 Å². The molecule has 126 valence electrons. The third-order valence-corrected chi connectivity index (χ3v) is 6.06. The molecule has 0 radical (unpaired) electrons. The number of rotatable bonds is 5. The normalized spacial score (nSPS) is 11.1. The Hall–Kier alpha value is -2.30. The molecule has 0 aliphatic rings. The summed E-state index contributed by atoms with van der Waals surface area (Å²) in [6, 6.07) is 7.95. The van der Waals surface area contributed by atoms with E-state index in [1.165, 1.54) is 23.1 Å². The Bertz CT molecular complexity index is 1010. The Balaban J connectivity index is 1.36. The van der Waals surface area contributed by atoms with Gasteiger partial charge in [0, 0.05) is 5.38 Å². The van der Waals surface area contributed by atoms with Crippen molar-refractivity contribution in [2.75, 3.05) is 11.1 Å². The zero-order chi connectivity index (χ0) is 17.2. The molecular weight excluding hydrogens is 378 g/mol. The molecule has 0 fully saturated rings. The maximum atomic E-state index is 12.1. The van der Waals surface area contributed by atoms with Crippen LogP contribution in [0.1, 0.15) is 5.01 Å². The number of carbonyl (C=O) groups excluding carboxylic acids is 1. The van der Waals surface area contributed by atoms with Crippen LogP contribution in [0, 0.1) is 6.92 Å². The van der Waals surface area contributed by atoms with E-state index in [1.54, 1.807) is 11.3 Å². The first kappa shape index (κ1) is 16.2. The van der Waals surface area contributed by atoms with Gasteiger partial charge in [0.15, 0.2) is 4.34 Å².